The van der Waals surface area contributed by atoms with Crippen LogP contribution in [0.5, 0.6) is 5.75 Å². The molecule has 1 aliphatic heterocycles. The molecular weight excluding hydrogens is 394 g/mol. The van der Waals surface area contributed by atoms with Crippen molar-refractivity contribution < 1.29 is 18.3 Å². The summed E-state index contributed by atoms with van der Waals surface area (Å²) in [6, 6.07) is 3.53. The van der Waals surface area contributed by atoms with Crippen molar-refractivity contribution in [1.29, 1.82) is 0 Å². The van der Waals surface area contributed by atoms with Crippen LogP contribution in [0.4, 0.5) is 14.7 Å². The lowest BCUT2D eigenvalue weighted by Gasteiger charge is -2.24. The number of benzene rings is 1. The molecule has 0 bridgehead atoms. The predicted molar refractivity (Wildman–Crippen MR) is 106 cm³/mol. The van der Waals surface area contributed by atoms with Crippen molar-refractivity contribution in [3.63, 3.8) is 0 Å². The molecule has 2 heterocycles. The fourth-order valence-electron chi connectivity index (χ4n) is 3.21. The minimum atomic E-state index is -0.976. The number of dihydropyridines is 1. The lowest BCUT2D eigenvalue weighted by Crippen LogP contribution is -2.25. The fraction of sp³-hybridized carbons (Fsp3) is 0.143. The predicted octanol–water partition coefficient (Wildman–Crippen LogP) is 2.60. The summed E-state index contributed by atoms with van der Waals surface area (Å²) in [5.41, 5.74) is 1.11. The monoisotopic (exact) mass is 410 g/mol. The highest BCUT2D eigenvalue weighted by Gasteiger charge is 2.27. The molecule has 4 rings (SSSR count). The summed E-state index contributed by atoms with van der Waals surface area (Å²) in [5, 5.41) is 3.06. The molecule has 0 radical (unpaired) electrons. The highest BCUT2D eigenvalue weighted by atomic mass is 19.2. The van der Waals surface area contributed by atoms with Gasteiger partial charge in [-0.25, -0.2) is 13.8 Å². The molecule has 1 aromatic carbocycles. The molecule has 0 fully saturated rings. The van der Waals surface area contributed by atoms with E-state index in [4.69, 9.17) is 4.74 Å². The molecular formula is C21H16F2N4O3. The molecule has 0 saturated carbocycles. The summed E-state index contributed by atoms with van der Waals surface area (Å²) >= 11 is 0. The van der Waals surface area contributed by atoms with Crippen LogP contribution in [-0.2, 0) is 11.3 Å². The summed E-state index contributed by atoms with van der Waals surface area (Å²) in [4.78, 5) is 32.1. The second kappa shape index (κ2) is 7.86. The van der Waals surface area contributed by atoms with E-state index in [2.05, 4.69) is 15.3 Å². The number of carbonyl (C=O) groups is 1. The number of nitrogens with zero attached hydrogens (tertiary/aromatic N) is 3. The SMILES string of the molecule is COc1cn(Cc2ccc(F)c(F)c2)c(NC2=CC=CC3C(=O)N=CC=C23)nc1=O. The van der Waals surface area contributed by atoms with Gasteiger partial charge in [0, 0.05) is 11.9 Å². The first-order valence-electron chi connectivity index (χ1n) is 8.99. The topological polar surface area (TPSA) is 85.6 Å². The smallest absolute Gasteiger partial charge is 0.316 e. The van der Waals surface area contributed by atoms with E-state index in [9.17, 15) is 18.4 Å². The summed E-state index contributed by atoms with van der Waals surface area (Å²) in [6.45, 7) is 0.0924. The number of hydrogen-bond donors (Lipinski definition) is 1. The molecule has 2 aliphatic rings. The minimum Gasteiger partial charge on any atom is -0.490 e. The first kappa shape index (κ1) is 19.4. The van der Waals surface area contributed by atoms with E-state index in [1.54, 1.807) is 28.9 Å². The summed E-state index contributed by atoms with van der Waals surface area (Å²) in [6.07, 6.45) is 9.73. The summed E-state index contributed by atoms with van der Waals surface area (Å²) in [5.74, 6) is -2.59. The van der Waals surface area contributed by atoms with Gasteiger partial charge in [-0.15, -0.1) is 0 Å². The largest absolute Gasteiger partial charge is 0.490 e. The highest BCUT2D eigenvalue weighted by Crippen LogP contribution is 2.29. The van der Waals surface area contributed by atoms with Gasteiger partial charge in [0.05, 0.1) is 25.8 Å². The van der Waals surface area contributed by atoms with Crippen molar-refractivity contribution in [2.24, 2.45) is 10.9 Å². The normalized spacial score (nSPS) is 17.3. The first-order valence-corrected chi connectivity index (χ1v) is 8.99. The Morgan fingerprint density at radius 2 is 2.03 bits per heavy atom. The van der Waals surface area contributed by atoms with Gasteiger partial charge in [-0.05, 0) is 35.4 Å². The molecule has 152 valence electrons. The molecule has 1 atom stereocenters. The van der Waals surface area contributed by atoms with Crippen LogP contribution < -0.4 is 15.6 Å². The summed E-state index contributed by atoms with van der Waals surface area (Å²) in [7, 11) is 1.34. The number of aromatic nitrogens is 2. The van der Waals surface area contributed by atoms with Crippen LogP contribution in [0, 0.1) is 17.6 Å². The van der Waals surface area contributed by atoms with E-state index in [0.717, 1.165) is 12.1 Å². The number of methoxy groups -OCH3 is 1. The van der Waals surface area contributed by atoms with E-state index >= 15 is 0 Å². The second-order valence-electron chi connectivity index (χ2n) is 6.62. The number of ether oxygens (including phenoxy) is 1. The van der Waals surface area contributed by atoms with Gasteiger partial charge in [0.1, 0.15) is 0 Å². The number of nitrogens with one attached hydrogen (secondary N) is 1. The maximum Gasteiger partial charge on any atom is 0.316 e. The van der Waals surface area contributed by atoms with Gasteiger partial charge in [0.2, 0.25) is 11.7 Å². The van der Waals surface area contributed by atoms with E-state index in [-0.39, 0.29) is 24.1 Å². The molecule has 1 aromatic heterocycles. The lowest BCUT2D eigenvalue weighted by atomic mass is 9.89. The Bertz CT molecular complexity index is 1210. The van der Waals surface area contributed by atoms with E-state index < -0.39 is 23.1 Å². The van der Waals surface area contributed by atoms with Gasteiger partial charge < -0.3 is 14.6 Å². The number of carbonyl (C=O) groups excluding carboxylic acids is 1. The lowest BCUT2D eigenvalue weighted by molar-refractivity contribution is -0.119. The zero-order valence-corrected chi connectivity index (χ0v) is 15.8. The van der Waals surface area contributed by atoms with Crippen molar-refractivity contribution in [2.75, 3.05) is 12.4 Å². The van der Waals surface area contributed by atoms with Gasteiger partial charge in [-0.2, -0.15) is 4.98 Å². The van der Waals surface area contributed by atoms with Crippen LogP contribution in [0.3, 0.4) is 0 Å². The maximum atomic E-state index is 13.6. The molecule has 2 aromatic rings. The average molecular weight is 410 g/mol. The third-order valence-corrected chi connectivity index (χ3v) is 4.70. The van der Waals surface area contributed by atoms with Crippen molar-refractivity contribution in [2.45, 2.75) is 6.54 Å². The summed E-state index contributed by atoms with van der Waals surface area (Å²) < 4.78 is 33.5. The quantitative estimate of drug-likeness (QED) is 0.819. The Labute approximate surface area is 169 Å². The second-order valence-corrected chi connectivity index (χ2v) is 6.62. The molecule has 1 amide bonds. The molecule has 1 aliphatic carbocycles. The number of amides is 1. The van der Waals surface area contributed by atoms with Crippen LogP contribution in [0.1, 0.15) is 5.56 Å². The molecule has 7 nitrogen and oxygen atoms in total. The maximum absolute atomic E-state index is 13.6. The van der Waals surface area contributed by atoms with Crippen LogP contribution in [0.15, 0.2) is 69.8 Å². The van der Waals surface area contributed by atoms with Crippen molar-refractivity contribution in [1.82, 2.24) is 9.55 Å². The Morgan fingerprint density at radius 3 is 2.80 bits per heavy atom. The Hall–Kier alpha value is -3.88. The van der Waals surface area contributed by atoms with Crippen LogP contribution in [0.25, 0.3) is 0 Å². The molecule has 0 saturated heterocycles. The minimum absolute atomic E-state index is 0.00211. The number of allylic oxidation sites excluding steroid dienone is 4. The molecule has 30 heavy (non-hydrogen) atoms. The van der Waals surface area contributed by atoms with Crippen LogP contribution in [-0.4, -0.2) is 28.8 Å². The molecule has 9 heteroatoms. The zero-order chi connectivity index (χ0) is 21.3. The van der Waals surface area contributed by atoms with Gasteiger partial charge in [-0.3, -0.25) is 9.59 Å². The first-order chi connectivity index (χ1) is 14.5. The Kier molecular flexibility index (Phi) is 5.09. The molecule has 1 N–H and O–H groups in total. The van der Waals surface area contributed by atoms with E-state index in [1.165, 1.54) is 25.6 Å². The number of halogens is 2. The fourth-order valence-corrected chi connectivity index (χ4v) is 3.21. The van der Waals surface area contributed by atoms with Crippen molar-refractivity contribution in [3.05, 3.63) is 87.5 Å². The molecule has 1 unspecified atom stereocenters. The Balaban J connectivity index is 1.72. The van der Waals surface area contributed by atoms with Crippen molar-refractivity contribution >= 4 is 18.1 Å². The molecule has 0 spiro atoms. The zero-order valence-electron chi connectivity index (χ0n) is 15.8. The number of fused-ring (bicyclic) bond motifs is 1. The standard InChI is InChI=1S/C21H16F2N4O3/c1-30-18-11-27(10-12-5-6-15(22)16(23)9-12)21(26-20(18)29)25-17-4-2-3-14-13(17)7-8-24-19(14)28/h2-9,11,14H,10H2,1H3,(H,25,26,29). The number of hydrogen-bond acceptors (Lipinski definition) is 5. The number of rotatable bonds is 5. The van der Waals surface area contributed by atoms with Gasteiger partial charge in [0.25, 0.3) is 5.91 Å². The third-order valence-electron chi connectivity index (χ3n) is 4.70. The van der Waals surface area contributed by atoms with Crippen LogP contribution in [0.2, 0.25) is 0 Å². The van der Waals surface area contributed by atoms with E-state index in [1.807, 2.05) is 0 Å². The van der Waals surface area contributed by atoms with Gasteiger partial charge in [0.15, 0.2) is 11.6 Å². The van der Waals surface area contributed by atoms with E-state index in [0.29, 0.717) is 16.8 Å². The van der Waals surface area contributed by atoms with Gasteiger partial charge >= 0.3 is 5.56 Å². The van der Waals surface area contributed by atoms with Gasteiger partial charge in [-0.1, -0.05) is 18.2 Å². The third kappa shape index (κ3) is 3.69. The van der Waals surface area contributed by atoms with Crippen LogP contribution >= 0.6 is 0 Å². The average Bonchev–Trinajstić information content (AvgIpc) is 2.73. The Morgan fingerprint density at radius 1 is 1.20 bits per heavy atom. The number of aliphatic imine (C=N–C) groups is 1. The number of anilines is 1. The van der Waals surface area contributed by atoms with Crippen molar-refractivity contribution in [3.8, 4) is 5.75 Å². The highest BCUT2D eigenvalue weighted by molar-refractivity contribution is 5.98.